The van der Waals surface area contributed by atoms with Gasteiger partial charge in [-0.2, -0.15) is 0 Å². The number of benzene rings is 1. The molecule has 4 heteroatoms. The van der Waals surface area contributed by atoms with Crippen LogP contribution in [0.2, 0.25) is 0 Å². The predicted molar refractivity (Wildman–Crippen MR) is 83.6 cm³/mol. The van der Waals surface area contributed by atoms with Crippen molar-refractivity contribution >= 4 is 11.3 Å². The van der Waals surface area contributed by atoms with Gasteiger partial charge < -0.3 is 14.8 Å². The third-order valence-electron chi connectivity index (χ3n) is 2.79. The molecule has 0 radical (unpaired) electrons. The van der Waals surface area contributed by atoms with Gasteiger partial charge in [0.05, 0.1) is 13.2 Å². The fourth-order valence-corrected chi connectivity index (χ4v) is 2.48. The zero-order valence-electron chi connectivity index (χ0n) is 11.6. The molecule has 1 aromatic carbocycles. The van der Waals surface area contributed by atoms with Crippen molar-refractivity contribution in [1.82, 2.24) is 5.32 Å². The molecule has 0 saturated heterocycles. The van der Waals surface area contributed by atoms with Crippen LogP contribution in [0.15, 0.2) is 47.8 Å². The van der Waals surface area contributed by atoms with E-state index in [1.165, 1.54) is 4.88 Å². The quantitative estimate of drug-likeness (QED) is 0.683. The van der Waals surface area contributed by atoms with E-state index >= 15 is 0 Å². The zero-order valence-corrected chi connectivity index (χ0v) is 12.4. The summed E-state index contributed by atoms with van der Waals surface area (Å²) < 4.78 is 11.0. The first-order chi connectivity index (χ1) is 9.95. The smallest absolute Gasteiger partial charge is 0.119 e. The fourth-order valence-electron chi connectivity index (χ4n) is 1.77. The van der Waals surface area contributed by atoms with E-state index in [1.807, 2.05) is 41.7 Å². The molecule has 0 aliphatic rings. The highest BCUT2D eigenvalue weighted by Gasteiger charge is 1.94. The van der Waals surface area contributed by atoms with Gasteiger partial charge in [0.25, 0.3) is 0 Å². The maximum Gasteiger partial charge on any atom is 0.119 e. The van der Waals surface area contributed by atoms with Gasteiger partial charge in [0, 0.05) is 18.0 Å². The SMILES string of the molecule is c1ccc(OCCOCCNCCc2cccs2)cc1. The maximum atomic E-state index is 5.54. The summed E-state index contributed by atoms with van der Waals surface area (Å²) >= 11 is 1.81. The maximum absolute atomic E-state index is 5.54. The summed E-state index contributed by atoms with van der Waals surface area (Å²) in [4.78, 5) is 1.43. The van der Waals surface area contributed by atoms with E-state index in [9.17, 15) is 0 Å². The Labute approximate surface area is 124 Å². The minimum absolute atomic E-state index is 0.596. The van der Waals surface area contributed by atoms with E-state index in [1.54, 1.807) is 0 Å². The largest absolute Gasteiger partial charge is 0.491 e. The first-order valence-corrected chi connectivity index (χ1v) is 7.82. The van der Waals surface area contributed by atoms with Crippen LogP contribution in [-0.2, 0) is 11.2 Å². The molecule has 3 nitrogen and oxygen atoms in total. The van der Waals surface area contributed by atoms with E-state index in [0.29, 0.717) is 13.2 Å². The number of para-hydroxylation sites is 1. The van der Waals surface area contributed by atoms with Crippen molar-refractivity contribution in [3.05, 3.63) is 52.7 Å². The molecular formula is C16H21NO2S. The van der Waals surface area contributed by atoms with E-state index in [2.05, 4.69) is 22.8 Å². The van der Waals surface area contributed by atoms with Crippen LogP contribution in [0.4, 0.5) is 0 Å². The number of ether oxygens (including phenoxy) is 2. The summed E-state index contributed by atoms with van der Waals surface area (Å²) in [6.45, 7) is 3.84. The number of rotatable bonds is 10. The third-order valence-corrected chi connectivity index (χ3v) is 3.73. The molecule has 20 heavy (non-hydrogen) atoms. The average Bonchev–Trinajstić information content (AvgIpc) is 3.00. The standard InChI is InChI=1S/C16H21NO2S/c1-2-5-15(6-3-1)19-13-12-18-11-10-17-9-8-16-7-4-14-20-16/h1-7,14,17H,8-13H2. The molecule has 1 heterocycles. The van der Waals surface area contributed by atoms with Crippen molar-refractivity contribution in [3.63, 3.8) is 0 Å². The lowest BCUT2D eigenvalue weighted by Gasteiger charge is -2.07. The van der Waals surface area contributed by atoms with Crippen LogP contribution in [0.5, 0.6) is 5.75 Å². The Balaban J connectivity index is 1.39. The van der Waals surface area contributed by atoms with Gasteiger partial charge in [-0.25, -0.2) is 0 Å². The van der Waals surface area contributed by atoms with Crippen LogP contribution in [-0.4, -0.2) is 32.9 Å². The van der Waals surface area contributed by atoms with Gasteiger partial charge in [0.15, 0.2) is 0 Å². The number of nitrogens with one attached hydrogen (secondary N) is 1. The molecule has 1 N–H and O–H groups in total. The molecule has 2 rings (SSSR count). The Bertz CT molecular complexity index is 445. The molecule has 108 valence electrons. The second-order valence-electron chi connectivity index (χ2n) is 4.35. The molecule has 0 amide bonds. The molecule has 0 fully saturated rings. The van der Waals surface area contributed by atoms with E-state index in [0.717, 1.165) is 31.9 Å². The van der Waals surface area contributed by atoms with Crippen molar-refractivity contribution < 1.29 is 9.47 Å². The van der Waals surface area contributed by atoms with Gasteiger partial charge >= 0.3 is 0 Å². The van der Waals surface area contributed by atoms with Crippen LogP contribution < -0.4 is 10.1 Å². The molecular weight excluding hydrogens is 270 g/mol. The van der Waals surface area contributed by atoms with Crippen LogP contribution in [0, 0.1) is 0 Å². The molecule has 0 spiro atoms. The molecule has 1 aromatic heterocycles. The Hall–Kier alpha value is -1.36. The summed E-state index contributed by atoms with van der Waals surface area (Å²) in [6, 6.07) is 14.1. The lowest BCUT2D eigenvalue weighted by molar-refractivity contribution is 0.102. The van der Waals surface area contributed by atoms with Crippen molar-refractivity contribution in [2.24, 2.45) is 0 Å². The van der Waals surface area contributed by atoms with Crippen LogP contribution >= 0.6 is 11.3 Å². The van der Waals surface area contributed by atoms with Crippen molar-refractivity contribution in [2.45, 2.75) is 6.42 Å². The summed E-state index contributed by atoms with van der Waals surface area (Å²) in [7, 11) is 0. The van der Waals surface area contributed by atoms with Gasteiger partial charge in [-0.3, -0.25) is 0 Å². The summed E-state index contributed by atoms with van der Waals surface area (Å²) in [5.41, 5.74) is 0. The minimum atomic E-state index is 0.596. The van der Waals surface area contributed by atoms with Crippen LogP contribution in [0.3, 0.4) is 0 Å². The minimum Gasteiger partial charge on any atom is -0.491 e. The summed E-state index contributed by atoms with van der Waals surface area (Å²) in [5.74, 6) is 0.894. The second-order valence-corrected chi connectivity index (χ2v) is 5.39. The molecule has 0 bridgehead atoms. The number of hydrogen-bond acceptors (Lipinski definition) is 4. The van der Waals surface area contributed by atoms with Crippen LogP contribution in [0.1, 0.15) is 4.88 Å². The van der Waals surface area contributed by atoms with Gasteiger partial charge in [-0.15, -0.1) is 11.3 Å². The highest BCUT2D eigenvalue weighted by Crippen LogP contribution is 2.08. The van der Waals surface area contributed by atoms with E-state index < -0.39 is 0 Å². The lowest BCUT2D eigenvalue weighted by Crippen LogP contribution is -2.23. The fraction of sp³-hybridized carbons (Fsp3) is 0.375. The normalized spacial score (nSPS) is 10.6. The first-order valence-electron chi connectivity index (χ1n) is 6.94. The molecule has 0 unspecified atom stereocenters. The van der Waals surface area contributed by atoms with Crippen molar-refractivity contribution in [3.8, 4) is 5.75 Å². The highest BCUT2D eigenvalue weighted by molar-refractivity contribution is 7.09. The summed E-state index contributed by atoms with van der Waals surface area (Å²) in [5, 5.41) is 5.49. The Morgan fingerprint density at radius 3 is 2.60 bits per heavy atom. The van der Waals surface area contributed by atoms with Gasteiger partial charge in [-0.05, 0) is 30.0 Å². The van der Waals surface area contributed by atoms with Gasteiger partial charge in [-0.1, -0.05) is 24.3 Å². The van der Waals surface area contributed by atoms with Gasteiger partial charge in [0.1, 0.15) is 12.4 Å². The lowest BCUT2D eigenvalue weighted by atomic mass is 10.3. The second kappa shape index (κ2) is 9.53. The number of thiophene rings is 1. The van der Waals surface area contributed by atoms with Crippen molar-refractivity contribution in [1.29, 1.82) is 0 Å². The van der Waals surface area contributed by atoms with Crippen LogP contribution in [0.25, 0.3) is 0 Å². The molecule has 2 aromatic rings. The number of hydrogen-bond donors (Lipinski definition) is 1. The Morgan fingerprint density at radius 2 is 1.80 bits per heavy atom. The monoisotopic (exact) mass is 291 g/mol. The highest BCUT2D eigenvalue weighted by atomic mass is 32.1. The Kier molecular flexibility index (Phi) is 7.16. The molecule has 0 aliphatic carbocycles. The third kappa shape index (κ3) is 6.19. The summed E-state index contributed by atoms with van der Waals surface area (Å²) in [6.07, 6.45) is 1.09. The van der Waals surface area contributed by atoms with Gasteiger partial charge in [0.2, 0.25) is 0 Å². The molecule has 0 atom stereocenters. The zero-order chi connectivity index (χ0) is 13.9. The van der Waals surface area contributed by atoms with E-state index in [4.69, 9.17) is 9.47 Å². The van der Waals surface area contributed by atoms with E-state index in [-0.39, 0.29) is 0 Å². The van der Waals surface area contributed by atoms with Crippen molar-refractivity contribution in [2.75, 3.05) is 32.9 Å². The first kappa shape index (κ1) is 15.0. The molecule has 0 saturated carbocycles. The topological polar surface area (TPSA) is 30.5 Å². The predicted octanol–water partition coefficient (Wildman–Crippen LogP) is 2.98. The average molecular weight is 291 g/mol. The Morgan fingerprint density at radius 1 is 0.900 bits per heavy atom. The molecule has 0 aliphatic heterocycles.